The first-order valence-electron chi connectivity index (χ1n) is 8.46. The number of nitrogens with one attached hydrogen (secondary N) is 2. The van der Waals surface area contributed by atoms with Crippen molar-refractivity contribution in [3.8, 4) is 11.5 Å². The zero-order valence-electron chi connectivity index (χ0n) is 15.7. The Balaban J connectivity index is 1.89. The third-order valence-corrected chi connectivity index (χ3v) is 4.01. The molecule has 8 heteroatoms. The number of nitrogens with zero attached hydrogens (tertiary/aromatic N) is 2. The van der Waals surface area contributed by atoms with E-state index in [9.17, 15) is 10.1 Å². The summed E-state index contributed by atoms with van der Waals surface area (Å²) in [5, 5.41) is 17.4. The fourth-order valence-electron chi connectivity index (χ4n) is 2.60. The first-order valence-corrected chi connectivity index (χ1v) is 8.46. The lowest BCUT2D eigenvalue weighted by atomic mass is 10.1. The lowest BCUT2D eigenvalue weighted by Crippen LogP contribution is -2.38. The number of guanidine groups is 1. The molecule has 0 aliphatic carbocycles. The van der Waals surface area contributed by atoms with Gasteiger partial charge in [-0.3, -0.25) is 15.1 Å². The van der Waals surface area contributed by atoms with Gasteiger partial charge in [-0.15, -0.1) is 0 Å². The van der Waals surface area contributed by atoms with Crippen LogP contribution in [0.15, 0.2) is 47.5 Å². The van der Waals surface area contributed by atoms with Crippen molar-refractivity contribution in [2.24, 2.45) is 4.99 Å². The number of nitro benzene ring substituents is 1. The van der Waals surface area contributed by atoms with Crippen LogP contribution in [0.2, 0.25) is 0 Å². The zero-order valence-corrected chi connectivity index (χ0v) is 15.7. The van der Waals surface area contributed by atoms with Crippen LogP contribution in [0.25, 0.3) is 0 Å². The molecule has 2 aromatic carbocycles. The smallest absolute Gasteiger partial charge is 0.274 e. The number of hydrogen-bond donors (Lipinski definition) is 2. The van der Waals surface area contributed by atoms with Gasteiger partial charge < -0.3 is 20.1 Å². The highest BCUT2D eigenvalue weighted by atomic mass is 16.6. The van der Waals surface area contributed by atoms with Gasteiger partial charge in [0.25, 0.3) is 5.69 Å². The molecule has 0 fully saturated rings. The van der Waals surface area contributed by atoms with E-state index in [1.54, 1.807) is 39.5 Å². The highest BCUT2D eigenvalue weighted by molar-refractivity contribution is 5.79. The lowest BCUT2D eigenvalue weighted by Gasteiger charge is -2.13. The standard InChI is InChI=1S/C19H24N4O4/c1-20-19(22-13-15-6-4-5-7-16(15)23(24)25)21-11-10-14-8-9-17(26-2)18(12-14)27-3/h4-9,12H,10-11,13H2,1-3H3,(H2,20,21,22). The normalized spacial score (nSPS) is 11.0. The molecule has 0 aliphatic rings. The first-order chi connectivity index (χ1) is 13.1. The number of aliphatic imine (C=N–C) groups is 1. The molecule has 0 spiro atoms. The average molecular weight is 372 g/mol. The monoisotopic (exact) mass is 372 g/mol. The molecular weight excluding hydrogens is 348 g/mol. The maximum atomic E-state index is 11.1. The van der Waals surface area contributed by atoms with Crippen LogP contribution in [0.5, 0.6) is 11.5 Å². The number of benzene rings is 2. The molecule has 27 heavy (non-hydrogen) atoms. The lowest BCUT2D eigenvalue weighted by molar-refractivity contribution is -0.385. The Labute approximate surface area is 158 Å². The summed E-state index contributed by atoms with van der Waals surface area (Å²) in [6, 6.07) is 12.4. The third kappa shape index (κ3) is 5.60. The zero-order chi connectivity index (χ0) is 19.6. The molecule has 2 N–H and O–H groups in total. The topological polar surface area (TPSA) is 98.0 Å². The van der Waals surface area contributed by atoms with Crippen LogP contribution in [-0.2, 0) is 13.0 Å². The van der Waals surface area contributed by atoms with Crippen molar-refractivity contribution in [2.75, 3.05) is 27.8 Å². The van der Waals surface area contributed by atoms with Gasteiger partial charge in [-0.05, 0) is 24.1 Å². The molecule has 0 bridgehead atoms. The summed E-state index contributed by atoms with van der Waals surface area (Å²) in [5.41, 5.74) is 1.78. The van der Waals surface area contributed by atoms with Gasteiger partial charge in [0.1, 0.15) is 0 Å². The van der Waals surface area contributed by atoms with E-state index in [0.29, 0.717) is 36.1 Å². The minimum Gasteiger partial charge on any atom is -0.493 e. The molecule has 0 atom stereocenters. The predicted molar refractivity (Wildman–Crippen MR) is 105 cm³/mol. The van der Waals surface area contributed by atoms with Gasteiger partial charge in [0, 0.05) is 31.8 Å². The minimum absolute atomic E-state index is 0.0887. The van der Waals surface area contributed by atoms with Crippen molar-refractivity contribution < 1.29 is 14.4 Å². The van der Waals surface area contributed by atoms with Gasteiger partial charge in [0.2, 0.25) is 0 Å². The van der Waals surface area contributed by atoms with E-state index in [1.165, 1.54) is 6.07 Å². The van der Waals surface area contributed by atoms with Crippen molar-refractivity contribution in [2.45, 2.75) is 13.0 Å². The second kappa shape index (κ2) is 10.0. The van der Waals surface area contributed by atoms with E-state index in [2.05, 4.69) is 15.6 Å². The molecule has 2 aromatic rings. The molecule has 0 aromatic heterocycles. The summed E-state index contributed by atoms with van der Waals surface area (Å²) < 4.78 is 10.5. The second-order valence-corrected chi connectivity index (χ2v) is 5.68. The number of hydrogen-bond acceptors (Lipinski definition) is 5. The van der Waals surface area contributed by atoms with Gasteiger partial charge in [-0.1, -0.05) is 24.3 Å². The maximum absolute atomic E-state index is 11.1. The van der Waals surface area contributed by atoms with Crippen molar-refractivity contribution in [1.82, 2.24) is 10.6 Å². The molecule has 2 rings (SSSR count). The Hall–Kier alpha value is -3.29. The Morgan fingerprint density at radius 1 is 1.11 bits per heavy atom. The Morgan fingerprint density at radius 2 is 1.85 bits per heavy atom. The Kier molecular flexibility index (Phi) is 7.42. The number of methoxy groups -OCH3 is 2. The number of rotatable bonds is 8. The van der Waals surface area contributed by atoms with E-state index in [4.69, 9.17) is 9.47 Å². The molecule has 0 aliphatic heterocycles. The molecule has 0 unspecified atom stereocenters. The third-order valence-electron chi connectivity index (χ3n) is 4.01. The maximum Gasteiger partial charge on any atom is 0.274 e. The van der Waals surface area contributed by atoms with Crippen LogP contribution in [0, 0.1) is 10.1 Å². The molecule has 0 heterocycles. The average Bonchev–Trinajstić information content (AvgIpc) is 2.70. The van der Waals surface area contributed by atoms with Crippen molar-refractivity contribution in [3.05, 3.63) is 63.7 Å². The summed E-state index contributed by atoms with van der Waals surface area (Å²) in [7, 11) is 4.87. The molecule has 0 radical (unpaired) electrons. The van der Waals surface area contributed by atoms with E-state index in [0.717, 1.165) is 12.0 Å². The van der Waals surface area contributed by atoms with Crippen LogP contribution < -0.4 is 20.1 Å². The van der Waals surface area contributed by atoms with Crippen LogP contribution in [0.3, 0.4) is 0 Å². The predicted octanol–water partition coefficient (Wildman–Crippen LogP) is 2.52. The highest BCUT2D eigenvalue weighted by Crippen LogP contribution is 2.27. The minimum atomic E-state index is -0.385. The van der Waals surface area contributed by atoms with Crippen LogP contribution in [-0.4, -0.2) is 38.7 Å². The number of nitro groups is 1. The summed E-state index contributed by atoms with van der Waals surface area (Å²) in [5.74, 6) is 1.96. The molecular formula is C19H24N4O4. The van der Waals surface area contributed by atoms with Gasteiger partial charge in [-0.25, -0.2) is 0 Å². The first kappa shape index (κ1) is 20.0. The second-order valence-electron chi connectivity index (χ2n) is 5.68. The van der Waals surface area contributed by atoms with Crippen LogP contribution in [0.4, 0.5) is 5.69 Å². The summed E-state index contributed by atoms with van der Waals surface area (Å²) >= 11 is 0. The van der Waals surface area contributed by atoms with Gasteiger partial charge in [0.05, 0.1) is 19.1 Å². The van der Waals surface area contributed by atoms with Gasteiger partial charge in [-0.2, -0.15) is 0 Å². The van der Waals surface area contributed by atoms with Crippen LogP contribution in [0.1, 0.15) is 11.1 Å². The van der Waals surface area contributed by atoms with Gasteiger partial charge >= 0.3 is 0 Å². The SMILES string of the molecule is CN=C(NCCc1ccc(OC)c(OC)c1)NCc1ccccc1[N+](=O)[O-]. The number of ether oxygens (including phenoxy) is 2. The highest BCUT2D eigenvalue weighted by Gasteiger charge is 2.12. The van der Waals surface area contributed by atoms with Crippen molar-refractivity contribution in [3.63, 3.8) is 0 Å². The molecule has 0 saturated carbocycles. The fourth-order valence-corrected chi connectivity index (χ4v) is 2.60. The molecule has 0 saturated heterocycles. The summed E-state index contributed by atoms with van der Waals surface area (Å²) in [4.78, 5) is 14.8. The fraction of sp³-hybridized carbons (Fsp3) is 0.316. The summed E-state index contributed by atoms with van der Waals surface area (Å²) in [6.07, 6.45) is 0.756. The van der Waals surface area contributed by atoms with Crippen molar-refractivity contribution in [1.29, 1.82) is 0 Å². The molecule has 0 amide bonds. The van der Waals surface area contributed by atoms with E-state index < -0.39 is 0 Å². The van der Waals surface area contributed by atoms with Crippen LogP contribution >= 0.6 is 0 Å². The number of para-hydroxylation sites is 1. The Morgan fingerprint density at radius 3 is 2.52 bits per heavy atom. The van der Waals surface area contributed by atoms with E-state index >= 15 is 0 Å². The van der Waals surface area contributed by atoms with Gasteiger partial charge in [0.15, 0.2) is 17.5 Å². The van der Waals surface area contributed by atoms with E-state index in [-0.39, 0.29) is 10.6 Å². The summed E-state index contributed by atoms with van der Waals surface area (Å²) in [6.45, 7) is 0.958. The quantitative estimate of drug-likeness (QED) is 0.320. The molecule has 8 nitrogen and oxygen atoms in total. The van der Waals surface area contributed by atoms with E-state index in [1.807, 2.05) is 18.2 Å². The van der Waals surface area contributed by atoms with Crippen molar-refractivity contribution >= 4 is 11.6 Å². The largest absolute Gasteiger partial charge is 0.493 e. The Bertz CT molecular complexity index is 808. The molecule has 144 valence electrons.